The van der Waals surface area contributed by atoms with Gasteiger partial charge in [0.15, 0.2) is 0 Å². The second-order valence-corrected chi connectivity index (χ2v) is 11.4. The fourth-order valence-corrected chi connectivity index (χ4v) is 6.87. The highest BCUT2D eigenvalue weighted by Crippen LogP contribution is 2.45. The summed E-state index contributed by atoms with van der Waals surface area (Å²) in [6, 6.07) is 39.2. The van der Waals surface area contributed by atoms with Crippen LogP contribution in [-0.4, -0.2) is 27.2 Å². The molecule has 1 fully saturated rings. The summed E-state index contributed by atoms with van der Waals surface area (Å²) in [4.78, 5) is 7.15. The minimum absolute atomic E-state index is 0.108. The topological polar surface area (TPSA) is 65.1 Å². The number of aliphatic hydroxyl groups is 1. The Bertz CT molecular complexity index is 1600. The first-order valence-corrected chi connectivity index (χ1v) is 14.8. The van der Waals surface area contributed by atoms with Crippen LogP contribution in [0.5, 0.6) is 0 Å². The molecule has 1 N–H and O–H groups in total. The first-order chi connectivity index (χ1) is 20.5. The lowest BCUT2D eigenvalue weighted by Gasteiger charge is -2.37. The number of nitriles is 1. The van der Waals surface area contributed by atoms with Gasteiger partial charge in [0.2, 0.25) is 0 Å². The van der Waals surface area contributed by atoms with Crippen molar-refractivity contribution in [3.8, 4) is 6.07 Å². The van der Waals surface area contributed by atoms with Gasteiger partial charge in [-0.15, -0.1) is 0 Å². The van der Waals surface area contributed by atoms with Crippen LogP contribution in [0.4, 0.5) is 5.69 Å². The molecular formula is C36H33ClN4O. The maximum Gasteiger partial charge on any atom is 0.121 e. The average molecular weight is 573 g/mol. The van der Waals surface area contributed by atoms with E-state index in [9.17, 15) is 10.4 Å². The summed E-state index contributed by atoms with van der Waals surface area (Å²) < 4.78 is 2.16. The Morgan fingerprint density at radius 2 is 1.52 bits per heavy atom. The van der Waals surface area contributed by atoms with Crippen LogP contribution in [0.15, 0.2) is 122 Å². The number of benzene rings is 4. The lowest BCUT2D eigenvalue weighted by atomic mass is 9.76. The minimum Gasteiger partial charge on any atom is -0.383 e. The summed E-state index contributed by atoms with van der Waals surface area (Å²) in [5.41, 5.74) is 3.66. The van der Waals surface area contributed by atoms with Crippen LogP contribution in [0.3, 0.4) is 0 Å². The van der Waals surface area contributed by atoms with Crippen LogP contribution < -0.4 is 4.90 Å². The van der Waals surface area contributed by atoms with E-state index in [1.54, 1.807) is 6.07 Å². The molecule has 6 heteroatoms. The van der Waals surface area contributed by atoms with Gasteiger partial charge in [-0.3, -0.25) is 0 Å². The van der Waals surface area contributed by atoms with E-state index in [1.165, 1.54) is 0 Å². The van der Waals surface area contributed by atoms with Crippen molar-refractivity contribution >= 4 is 17.3 Å². The van der Waals surface area contributed by atoms with Crippen LogP contribution >= 0.6 is 11.6 Å². The Morgan fingerprint density at radius 1 is 0.952 bits per heavy atom. The van der Waals surface area contributed by atoms with E-state index < -0.39 is 11.1 Å². The van der Waals surface area contributed by atoms with Gasteiger partial charge in [-0.25, -0.2) is 4.98 Å². The Balaban J connectivity index is 1.40. The molecule has 0 saturated heterocycles. The van der Waals surface area contributed by atoms with E-state index in [4.69, 9.17) is 16.6 Å². The molecule has 1 aromatic heterocycles. The predicted molar refractivity (Wildman–Crippen MR) is 168 cm³/mol. The second-order valence-electron chi connectivity index (χ2n) is 11.0. The maximum atomic E-state index is 12.1. The number of hydrogen-bond donors (Lipinski definition) is 1. The van der Waals surface area contributed by atoms with Crippen molar-refractivity contribution in [2.45, 2.75) is 43.4 Å². The zero-order valence-corrected chi connectivity index (χ0v) is 24.3. The maximum absolute atomic E-state index is 12.1. The Labute approximate surface area is 252 Å². The number of anilines is 1. The molecule has 5 aromatic rings. The molecule has 0 radical (unpaired) electrons. The highest BCUT2D eigenvalue weighted by molar-refractivity contribution is 6.32. The fraction of sp³-hybridized carbons (Fsp3) is 0.222. The van der Waals surface area contributed by atoms with Crippen molar-refractivity contribution in [3.05, 3.63) is 155 Å². The first-order valence-electron chi connectivity index (χ1n) is 14.4. The first kappa shape index (κ1) is 27.8. The summed E-state index contributed by atoms with van der Waals surface area (Å²) in [7, 11) is 0. The summed E-state index contributed by atoms with van der Waals surface area (Å²) in [6.45, 7) is 2.86. The Morgan fingerprint density at radius 3 is 2.02 bits per heavy atom. The number of hydrogen-bond acceptors (Lipinski definition) is 4. The molecule has 0 amide bonds. The fourth-order valence-electron chi connectivity index (χ4n) is 6.65. The quantitative estimate of drug-likeness (QED) is 0.195. The van der Waals surface area contributed by atoms with Crippen LogP contribution in [0, 0.1) is 11.3 Å². The van der Waals surface area contributed by atoms with Crippen molar-refractivity contribution in [3.63, 3.8) is 0 Å². The highest BCUT2D eigenvalue weighted by atomic mass is 35.5. The standard InChI is InChI=1S/C36H33ClN4O/c1-2-41(31-19-18-27(24-38)33(37)22-31)32-20-21-35(42,23-32)34-25-40(26-39-34)36(28-12-6-3-7-13-28,29-14-8-4-9-15-29)30-16-10-5-11-17-30/h3-19,22,25-26,32,42H,2,20-21,23H2,1H3. The number of imidazole rings is 1. The normalized spacial score (nSPS) is 18.5. The van der Waals surface area contributed by atoms with E-state index in [-0.39, 0.29) is 6.04 Å². The molecule has 1 aliphatic carbocycles. The second kappa shape index (κ2) is 11.5. The van der Waals surface area contributed by atoms with E-state index >= 15 is 0 Å². The number of rotatable bonds is 8. The van der Waals surface area contributed by atoms with Crippen molar-refractivity contribution in [1.82, 2.24) is 9.55 Å². The molecule has 6 rings (SSSR count). The molecular weight excluding hydrogens is 540 g/mol. The largest absolute Gasteiger partial charge is 0.383 e. The molecule has 2 unspecified atom stereocenters. The molecule has 0 spiro atoms. The smallest absolute Gasteiger partial charge is 0.121 e. The molecule has 4 aromatic carbocycles. The van der Waals surface area contributed by atoms with Gasteiger partial charge in [0, 0.05) is 30.9 Å². The van der Waals surface area contributed by atoms with Gasteiger partial charge >= 0.3 is 0 Å². The van der Waals surface area contributed by atoms with E-state index in [2.05, 4.69) is 95.3 Å². The van der Waals surface area contributed by atoms with Gasteiger partial charge in [0.1, 0.15) is 17.2 Å². The van der Waals surface area contributed by atoms with Crippen LogP contribution in [0.25, 0.3) is 0 Å². The number of halogens is 1. The summed E-state index contributed by atoms with van der Waals surface area (Å²) in [5, 5.41) is 21.8. The molecule has 1 aliphatic rings. The van der Waals surface area contributed by atoms with Crippen LogP contribution in [0.1, 0.15) is 54.1 Å². The minimum atomic E-state index is -1.07. The summed E-state index contributed by atoms with van der Waals surface area (Å²) in [5.74, 6) is 0. The van der Waals surface area contributed by atoms with Gasteiger partial charge < -0.3 is 14.6 Å². The number of aromatic nitrogens is 2. The van der Waals surface area contributed by atoms with Crippen molar-refractivity contribution in [1.29, 1.82) is 5.26 Å². The molecule has 210 valence electrons. The molecule has 1 heterocycles. The third-order valence-corrected chi connectivity index (χ3v) is 8.98. The van der Waals surface area contributed by atoms with Gasteiger partial charge in [0.05, 0.1) is 22.6 Å². The summed E-state index contributed by atoms with van der Waals surface area (Å²) >= 11 is 6.37. The summed E-state index contributed by atoms with van der Waals surface area (Å²) in [6.07, 6.45) is 5.86. The molecule has 0 bridgehead atoms. The lowest BCUT2D eigenvalue weighted by molar-refractivity contribution is 0.0386. The monoisotopic (exact) mass is 572 g/mol. The van der Waals surface area contributed by atoms with Gasteiger partial charge in [-0.05, 0) is 54.7 Å². The zero-order valence-electron chi connectivity index (χ0n) is 23.6. The molecule has 1 saturated carbocycles. The van der Waals surface area contributed by atoms with Crippen molar-refractivity contribution in [2.24, 2.45) is 0 Å². The highest BCUT2D eigenvalue weighted by Gasteiger charge is 2.44. The third-order valence-electron chi connectivity index (χ3n) is 8.67. The lowest BCUT2D eigenvalue weighted by Crippen LogP contribution is -2.37. The van der Waals surface area contributed by atoms with E-state index in [0.29, 0.717) is 29.1 Å². The molecule has 42 heavy (non-hydrogen) atoms. The van der Waals surface area contributed by atoms with Crippen molar-refractivity contribution < 1.29 is 5.11 Å². The van der Waals surface area contributed by atoms with Gasteiger partial charge in [-0.1, -0.05) is 103 Å². The van der Waals surface area contributed by atoms with E-state index in [1.807, 2.05) is 42.9 Å². The Hall–Kier alpha value is -4.37. The van der Waals surface area contributed by atoms with Crippen LogP contribution in [0.2, 0.25) is 5.02 Å². The van der Waals surface area contributed by atoms with Gasteiger partial charge in [-0.2, -0.15) is 5.26 Å². The third kappa shape index (κ3) is 4.77. The molecule has 2 atom stereocenters. The predicted octanol–water partition coefficient (Wildman–Crippen LogP) is 7.51. The Kier molecular flexibility index (Phi) is 7.60. The van der Waals surface area contributed by atoms with Crippen molar-refractivity contribution in [2.75, 3.05) is 11.4 Å². The molecule has 0 aliphatic heterocycles. The number of nitrogens with zero attached hydrogens (tertiary/aromatic N) is 4. The van der Waals surface area contributed by atoms with E-state index in [0.717, 1.165) is 35.3 Å². The van der Waals surface area contributed by atoms with Crippen LogP contribution in [-0.2, 0) is 11.1 Å². The zero-order chi connectivity index (χ0) is 29.2. The SMILES string of the molecule is CCN(c1ccc(C#N)c(Cl)c1)C1CCC(O)(c2cn(C(c3ccccc3)(c3ccccc3)c3ccccc3)cn2)C1. The van der Waals surface area contributed by atoms with Gasteiger partial charge in [0.25, 0.3) is 0 Å². The average Bonchev–Trinajstić information content (AvgIpc) is 3.69. The molecule has 5 nitrogen and oxygen atoms in total.